The van der Waals surface area contributed by atoms with Crippen molar-refractivity contribution in [3.8, 4) is 0 Å². The Morgan fingerprint density at radius 3 is 2.80 bits per heavy atom. The van der Waals surface area contributed by atoms with Crippen molar-refractivity contribution in [3.05, 3.63) is 23.8 Å². The lowest BCUT2D eigenvalue weighted by Gasteiger charge is -2.22. The van der Waals surface area contributed by atoms with Gasteiger partial charge in [0.2, 0.25) is 10.0 Å². The highest BCUT2D eigenvalue weighted by Crippen LogP contribution is 2.22. The predicted octanol–water partition coefficient (Wildman–Crippen LogP) is 1.14. The first-order valence-corrected chi connectivity index (χ1v) is 8.77. The number of nitrogens with two attached hydrogens (primary N) is 1. The summed E-state index contributed by atoms with van der Waals surface area (Å²) in [6.07, 6.45) is 1.71. The van der Waals surface area contributed by atoms with Gasteiger partial charge < -0.3 is 10.8 Å². The van der Waals surface area contributed by atoms with Gasteiger partial charge in [-0.3, -0.25) is 0 Å². The van der Waals surface area contributed by atoms with Crippen molar-refractivity contribution in [2.45, 2.75) is 23.8 Å². The van der Waals surface area contributed by atoms with E-state index in [-0.39, 0.29) is 22.2 Å². The molecule has 0 saturated carbocycles. The van der Waals surface area contributed by atoms with Gasteiger partial charge in [-0.2, -0.15) is 11.8 Å². The number of carboxylic acids is 1. The Labute approximate surface area is 121 Å². The van der Waals surface area contributed by atoms with Crippen LogP contribution in [0.3, 0.4) is 0 Å². The minimum atomic E-state index is -3.88. The lowest BCUT2D eigenvalue weighted by molar-refractivity contribution is 0.0692. The lowest BCUT2D eigenvalue weighted by Crippen LogP contribution is -2.38. The summed E-state index contributed by atoms with van der Waals surface area (Å²) >= 11 is 1.68. The van der Waals surface area contributed by atoms with Gasteiger partial charge in [-0.25, -0.2) is 17.9 Å². The molecule has 8 heteroatoms. The Hall–Kier alpha value is -1.25. The van der Waals surface area contributed by atoms with E-state index in [1.165, 1.54) is 18.2 Å². The molecule has 0 radical (unpaired) electrons. The van der Waals surface area contributed by atoms with Crippen LogP contribution >= 0.6 is 11.8 Å². The van der Waals surface area contributed by atoms with Gasteiger partial charge in [-0.15, -0.1) is 0 Å². The standard InChI is InChI=1S/C12H16N2O4S2/c13-8-3-4-10(12(15)16)11(6-8)20(17,18)14-9-2-1-5-19-7-9/h3-4,6,9,14H,1-2,5,7,13H2,(H,15,16). The molecule has 1 aliphatic rings. The molecule has 0 amide bonds. The quantitative estimate of drug-likeness (QED) is 0.719. The van der Waals surface area contributed by atoms with E-state index < -0.39 is 16.0 Å². The minimum absolute atomic E-state index is 0.165. The van der Waals surface area contributed by atoms with E-state index in [1.54, 1.807) is 11.8 Å². The molecule has 0 aromatic heterocycles. The number of nitrogen functional groups attached to an aromatic ring is 1. The Bertz CT molecular complexity index is 610. The summed E-state index contributed by atoms with van der Waals surface area (Å²) in [5, 5.41) is 9.09. The van der Waals surface area contributed by atoms with Crippen LogP contribution in [-0.2, 0) is 10.0 Å². The van der Waals surface area contributed by atoms with Crippen molar-refractivity contribution >= 4 is 33.4 Å². The molecule has 1 aromatic carbocycles. The van der Waals surface area contributed by atoms with Crippen LogP contribution in [0.5, 0.6) is 0 Å². The van der Waals surface area contributed by atoms with Gasteiger partial charge in [0.05, 0.1) is 10.5 Å². The number of carbonyl (C=O) groups is 1. The van der Waals surface area contributed by atoms with E-state index >= 15 is 0 Å². The van der Waals surface area contributed by atoms with Crippen LogP contribution in [0.15, 0.2) is 23.1 Å². The van der Waals surface area contributed by atoms with Crippen molar-refractivity contribution in [2.24, 2.45) is 0 Å². The van der Waals surface area contributed by atoms with Crippen LogP contribution in [0, 0.1) is 0 Å². The molecule has 1 saturated heterocycles. The average Bonchev–Trinajstić information content (AvgIpc) is 2.39. The second-order valence-electron chi connectivity index (χ2n) is 4.60. The van der Waals surface area contributed by atoms with Crippen LogP contribution < -0.4 is 10.5 Å². The molecule has 0 spiro atoms. The van der Waals surface area contributed by atoms with Crippen LogP contribution in [0.1, 0.15) is 23.2 Å². The number of hydrogen-bond donors (Lipinski definition) is 3. The molecule has 1 atom stereocenters. The highest BCUT2D eigenvalue weighted by Gasteiger charge is 2.26. The van der Waals surface area contributed by atoms with Crippen LogP contribution in [-0.4, -0.2) is 37.0 Å². The summed E-state index contributed by atoms with van der Waals surface area (Å²) in [6, 6.07) is 3.60. The van der Waals surface area contributed by atoms with Crippen molar-refractivity contribution in [1.29, 1.82) is 0 Å². The number of benzene rings is 1. The number of nitrogens with one attached hydrogen (secondary N) is 1. The fourth-order valence-electron chi connectivity index (χ4n) is 2.05. The van der Waals surface area contributed by atoms with E-state index in [1.807, 2.05) is 0 Å². The molecule has 1 heterocycles. The third-order valence-electron chi connectivity index (χ3n) is 3.01. The van der Waals surface area contributed by atoms with Crippen molar-refractivity contribution < 1.29 is 18.3 Å². The van der Waals surface area contributed by atoms with Crippen molar-refractivity contribution in [1.82, 2.24) is 4.72 Å². The van der Waals surface area contributed by atoms with Crippen LogP contribution in [0.4, 0.5) is 5.69 Å². The second-order valence-corrected chi connectivity index (χ2v) is 7.43. The van der Waals surface area contributed by atoms with Gasteiger partial charge in [-0.1, -0.05) is 0 Å². The summed E-state index contributed by atoms with van der Waals surface area (Å²) in [6.45, 7) is 0. The summed E-state index contributed by atoms with van der Waals surface area (Å²) in [4.78, 5) is 10.9. The number of hydrogen-bond acceptors (Lipinski definition) is 5. The summed E-state index contributed by atoms with van der Waals surface area (Å²) in [5.74, 6) is 0.435. The fourth-order valence-corrected chi connectivity index (χ4v) is 4.74. The van der Waals surface area contributed by atoms with E-state index in [0.29, 0.717) is 5.75 Å². The number of anilines is 1. The van der Waals surface area contributed by atoms with Gasteiger partial charge in [-0.05, 0) is 36.8 Å². The maximum atomic E-state index is 12.3. The molecule has 6 nitrogen and oxygen atoms in total. The molecule has 1 aromatic rings. The third-order valence-corrected chi connectivity index (χ3v) is 5.78. The van der Waals surface area contributed by atoms with Crippen LogP contribution in [0.2, 0.25) is 0 Å². The summed E-state index contributed by atoms with van der Waals surface area (Å²) in [7, 11) is -3.88. The Balaban J connectivity index is 2.32. The van der Waals surface area contributed by atoms with Gasteiger partial charge in [0.1, 0.15) is 0 Å². The summed E-state index contributed by atoms with van der Waals surface area (Å²) in [5.41, 5.74) is 5.52. The second kappa shape index (κ2) is 6.02. The van der Waals surface area contributed by atoms with Crippen LogP contribution in [0.25, 0.3) is 0 Å². The Kier molecular flexibility index (Phi) is 4.56. The monoisotopic (exact) mass is 316 g/mol. The SMILES string of the molecule is Nc1ccc(C(=O)O)c(S(=O)(=O)NC2CCCSC2)c1. The normalized spacial score (nSPS) is 19.7. The first-order valence-electron chi connectivity index (χ1n) is 6.13. The molecular weight excluding hydrogens is 300 g/mol. The molecule has 2 rings (SSSR count). The zero-order valence-electron chi connectivity index (χ0n) is 10.7. The Morgan fingerprint density at radius 1 is 1.45 bits per heavy atom. The lowest BCUT2D eigenvalue weighted by atomic mass is 10.2. The first-order chi connectivity index (χ1) is 9.40. The maximum Gasteiger partial charge on any atom is 0.337 e. The van der Waals surface area contributed by atoms with E-state index in [2.05, 4.69) is 4.72 Å². The average molecular weight is 316 g/mol. The van der Waals surface area contributed by atoms with Gasteiger partial charge in [0.25, 0.3) is 0 Å². The first kappa shape index (κ1) is 15.1. The highest BCUT2D eigenvalue weighted by atomic mass is 32.2. The molecule has 1 aliphatic heterocycles. The third kappa shape index (κ3) is 3.44. The number of sulfonamides is 1. The zero-order chi connectivity index (χ0) is 14.8. The number of rotatable bonds is 4. The molecule has 0 aliphatic carbocycles. The van der Waals surface area contributed by atoms with Gasteiger partial charge >= 0.3 is 5.97 Å². The largest absolute Gasteiger partial charge is 0.478 e. The Morgan fingerprint density at radius 2 is 2.20 bits per heavy atom. The molecule has 0 bridgehead atoms. The molecule has 110 valence electrons. The molecular formula is C12H16N2O4S2. The maximum absolute atomic E-state index is 12.3. The number of aromatic carboxylic acids is 1. The molecule has 1 fully saturated rings. The zero-order valence-corrected chi connectivity index (χ0v) is 12.3. The van der Waals surface area contributed by atoms with Crippen molar-refractivity contribution in [2.75, 3.05) is 17.2 Å². The molecule has 4 N–H and O–H groups in total. The van der Waals surface area contributed by atoms with E-state index in [0.717, 1.165) is 18.6 Å². The highest BCUT2D eigenvalue weighted by molar-refractivity contribution is 7.99. The topological polar surface area (TPSA) is 109 Å². The predicted molar refractivity (Wildman–Crippen MR) is 78.5 cm³/mol. The minimum Gasteiger partial charge on any atom is -0.478 e. The van der Waals surface area contributed by atoms with Crippen molar-refractivity contribution in [3.63, 3.8) is 0 Å². The van der Waals surface area contributed by atoms with E-state index in [9.17, 15) is 13.2 Å². The number of carboxylic acid groups (broad SMARTS) is 1. The summed E-state index contributed by atoms with van der Waals surface area (Å²) < 4.78 is 27.2. The number of thioether (sulfide) groups is 1. The van der Waals surface area contributed by atoms with Gasteiger partial charge in [0.15, 0.2) is 0 Å². The molecule has 1 unspecified atom stereocenters. The smallest absolute Gasteiger partial charge is 0.337 e. The fraction of sp³-hybridized carbons (Fsp3) is 0.417. The van der Waals surface area contributed by atoms with E-state index in [4.69, 9.17) is 10.8 Å². The van der Waals surface area contributed by atoms with Gasteiger partial charge in [0, 0.05) is 17.5 Å². The molecule has 20 heavy (non-hydrogen) atoms.